The standard InChI is InChI=1S/C2H5N2O6/c1-2(9-3(5)6)10-4(7)8/h2H,1H3,(H,5,6)/q+1. The van der Waals surface area contributed by atoms with Crippen molar-refractivity contribution in [2.24, 2.45) is 0 Å². The average Bonchev–Trinajstić information content (AvgIpc) is 1.58. The van der Waals surface area contributed by atoms with Crippen molar-refractivity contribution >= 4 is 0 Å². The van der Waals surface area contributed by atoms with Crippen LogP contribution in [0.25, 0.3) is 0 Å². The van der Waals surface area contributed by atoms with E-state index in [1.165, 1.54) is 0 Å². The molecule has 0 aliphatic carbocycles. The largest absolute Gasteiger partial charge is 0.477 e. The zero-order valence-electron chi connectivity index (χ0n) is 4.96. The highest BCUT2D eigenvalue weighted by atomic mass is 17.0. The fourth-order valence-electron chi connectivity index (χ4n) is 0.267. The minimum absolute atomic E-state index is 0.922. The number of rotatable bonds is 4. The van der Waals surface area contributed by atoms with Gasteiger partial charge in [-0.05, 0) is 0 Å². The normalized spacial score (nSPS) is 11.7. The lowest BCUT2D eigenvalue weighted by atomic mass is 10.8. The Labute approximate surface area is 54.5 Å². The van der Waals surface area contributed by atoms with Crippen LogP contribution in [0, 0.1) is 15.0 Å². The first-order valence-corrected chi connectivity index (χ1v) is 2.16. The lowest BCUT2D eigenvalue weighted by Gasteiger charge is -1.97. The van der Waals surface area contributed by atoms with E-state index in [9.17, 15) is 15.0 Å². The molecule has 10 heavy (non-hydrogen) atoms. The van der Waals surface area contributed by atoms with Crippen molar-refractivity contribution in [1.82, 2.24) is 0 Å². The maximum Gasteiger partial charge on any atom is 0.477 e. The van der Waals surface area contributed by atoms with Gasteiger partial charge in [-0.25, -0.2) is 5.21 Å². The first-order chi connectivity index (χ1) is 4.52. The molecule has 8 nitrogen and oxygen atoms in total. The molecule has 1 unspecified atom stereocenters. The van der Waals surface area contributed by atoms with E-state index in [4.69, 9.17) is 5.21 Å². The molecule has 0 aromatic heterocycles. The lowest BCUT2D eigenvalue weighted by molar-refractivity contribution is -0.999. The van der Waals surface area contributed by atoms with Gasteiger partial charge in [-0.1, -0.05) is 0 Å². The van der Waals surface area contributed by atoms with Gasteiger partial charge in [-0.3, -0.25) is 4.84 Å². The van der Waals surface area contributed by atoms with E-state index in [1.807, 2.05) is 0 Å². The van der Waals surface area contributed by atoms with Crippen LogP contribution >= 0.6 is 0 Å². The van der Waals surface area contributed by atoms with Crippen LogP contribution in [-0.2, 0) is 9.68 Å². The van der Waals surface area contributed by atoms with E-state index >= 15 is 0 Å². The Kier molecular flexibility index (Phi) is 2.88. The van der Waals surface area contributed by atoms with E-state index in [0.29, 0.717) is 0 Å². The minimum Gasteiger partial charge on any atom is -0.262 e. The molecule has 1 N–H and O–H groups in total. The highest BCUT2D eigenvalue weighted by Gasteiger charge is 2.17. The summed E-state index contributed by atoms with van der Waals surface area (Å²) >= 11 is 0. The highest BCUT2D eigenvalue weighted by Crippen LogP contribution is 1.91. The van der Waals surface area contributed by atoms with E-state index in [-0.39, 0.29) is 0 Å². The van der Waals surface area contributed by atoms with E-state index in [0.717, 1.165) is 6.92 Å². The molecule has 0 aliphatic rings. The molecule has 0 saturated heterocycles. The molecule has 0 aliphatic heterocycles. The van der Waals surface area contributed by atoms with E-state index in [2.05, 4.69) is 9.68 Å². The Bertz CT molecular complexity index is 129. The van der Waals surface area contributed by atoms with Gasteiger partial charge in [-0.2, -0.15) is 4.84 Å². The Morgan fingerprint density at radius 3 is 2.30 bits per heavy atom. The van der Waals surface area contributed by atoms with Crippen LogP contribution in [-0.4, -0.2) is 21.7 Å². The molecule has 0 rings (SSSR count). The highest BCUT2D eigenvalue weighted by molar-refractivity contribution is 4.12. The molecule has 0 aromatic rings. The van der Waals surface area contributed by atoms with Gasteiger partial charge < -0.3 is 0 Å². The monoisotopic (exact) mass is 153 g/mol. The summed E-state index contributed by atoms with van der Waals surface area (Å²) in [6, 6.07) is 0. The van der Waals surface area contributed by atoms with Gasteiger partial charge in [0, 0.05) is 6.92 Å². The predicted octanol–water partition coefficient (Wildman–Crippen LogP) is -0.360. The molecule has 58 valence electrons. The SMILES string of the molecule is CC(O[N+](=O)[O-])O[N+](=O)O. The van der Waals surface area contributed by atoms with Crippen molar-refractivity contribution in [3.63, 3.8) is 0 Å². The predicted molar refractivity (Wildman–Crippen MR) is 24.0 cm³/mol. The van der Waals surface area contributed by atoms with Crippen molar-refractivity contribution in [2.45, 2.75) is 13.2 Å². The van der Waals surface area contributed by atoms with Crippen LogP contribution in [0.5, 0.6) is 0 Å². The van der Waals surface area contributed by atoms with Gasteiger partial charge in [0.25, 0.3) is 5.09 Å². The Hall–Kier alpha value is -1.60. The van der Waals surface area contributed by atoms with Crippen LogP contribution in [0.2, 0.25) is 0 Å². The fourth-order valence-corrected chi connectivity index (χ4v) is 0.267. The lowest BCUT2D eigenvalue weighted by Crippen LogP contribution is -2.20. The van der Waals surface area contributed by atoms with Crippen LogP contribution in [0.1, 0.15) is 6.92 Å². The summed E-state index contributed by atoms with van der Waals surface area (Å²) in [6.45, 7) is 1.07. The summed E-state index contributed by atoms with van der Waals surface area (Å²) in [5.41, 5.74) is 0. The maximum atomic E-state index is 9.58. The van der Waals surface area contributed by atoms with Crippen LogP contribution in [0.4, 0.5) is 0 Å². The zero-order valence-corrected chi connectivity index (χ0v) is 4.96. The molecule has 1 atom stereocenters. The quantitative estimate of drug-likeness (QED) is 0.336. The fraction of sp³-hybridized carbons (Fsp3) is 1.00. The van der Waals surface area contributed by atoms with Crippen LogP contribution < -0.4 is 0 Å². The minimum atomic E-state index is -1.42. The average molecular weight is 153 g/mol. The summed E-state index contributed by atoms with van der Waals surface area (Å²) in [5, 5.41) is 15.2. The smallest absolute Gasteiger partial charge is 0.262 e. The molecule has 0 aromatic carbocycles. The maximum absolute atomic E-state index is 9.58. The van der Waals surface area contributed by atoms with Crippen molar-refractivity contribution in [3.05, 3.63) is 15.0 Å². The second kappa shape index (κ2) is 3.43. The molecule has 0 heterocycles. The Morgan fingerprint density at radius 2 is 2.00 bits per heavy atom. The van der Waals surface area contributed by atoms with E-state index < -0.39 is 16.5 Å². The van der Waals surface area contributed by atoms with Gasteiger partial charge in [0.2, 0.25) is 0 Å². The summed E-state index contributed by atoms with van der Waals surface area (Å²) in [6.07, 6.45) is -1.42. The molecule has 0 spiro atoms. The van der Waals surface area contributed by atoms with Gasteiger partial charge in [0.15, 0.2) is 0 Å². The summed E-state index contributed by atoms with van der Waals surface area (Å²) < 4.78 is 0. The Balaban J connectivity index is 3.53. The molecule has 0 bridgehead atoms. The second-order valence-electron chi connectivity index (χ2n) is 1.24. The number of nitrogens with zero attached hydrogens (tertiary/aromatic N) is 2. The molecule has 8 heteroatoms. The zero-order chi connectivity index (χ0) is 8.15. The van der Waals surface area contributed by atoms with Gasteiger partial charge in [0.1, 0.15) is 4.91 Å². The molecule has 0 radical (unpaired) electrons. The molecule has 0 fully saturated rings. The summed E-state index contributed by atoms with van der Waals surface area (Å²) in [5.74, 6) is 0. The van der Waals surface area contributed by atoms with Gasteiger partial charge in [-0.15, -0.1) is 10.1 Å². The van der Waals surface area contributed by atoms with Crippen molar-refractivity contribution in [2.75, 3.05) is 0 Å². The topological polar surface area (TPSA) is 102 Å². The summed E-state index contributed by atoms with van der Waals surface area (Å²) in [7, 11) is 0. The third kappa shape index (κ3) is 4.56. The molecular formula is C2H5N2O6+. The Morgan fingerprint density at radius 1 is 1.50 bits per heavy atom. The van der Waals surface area contributed by atoms with Crippen LogP contribution in [0.3, 0.4) is 0 Å². The number of hydrogen-bond acceptors (Lipinski definition) is 5. The second-order valence-corrected chi connectivity index (χ2v) is 1.24. The molecular weight excluding hydrogens is 148 g/mol. The van der Waals surface area contributed by atoms with E-state index in [1.54, 1.807) is 0 Å². The molecule has 0 amide bonds. The number of hydrogen-bond donors (Lipinski definition) is 1. The third-order valence-electron chi connectivity index (χ3n) is 0.473. The van der Waals surface area contributed by atoms with Crippen molar-refractivity contribution in [3.8, 4) is 0 Å². The summed E-state index contributed by atoms with van der Waals surface area (Å²) in [4.78, 5) is 26.5. The third-order valence-corrected chi connectivity index (χ3v) is 0.473. The van der Waals surface area contributed by atoms with Crippen molar-refractivity contribution < 1.29 is 25.1 Å². The first kappa shape index (κ1) is 8.40. The van der Waals surface area contributed by atoms with Gasteiger partial charge in [0.05, 0.1) is 0 Å². The van der Waals surface area contributed by atoms with Gasteiger partial charge >= 0.3 is 11.4 Å². The van der Waals surface area contributed by atoms with Crippen molar-refractivity contribution in [1.29, 1.82) is 0 Å². The van der Waals surface area contributed by atoms with Crippen LogP contribution in [0.15, 0.2) is 0 Å². The first-order valence-electron chi connectivity index (χ1n) is 2.16. The molecule has 0 saturated carbocycles.